The number of piperidine rings is 1. The second-order valence-electron chi connectivity index (χ2n) is 5.10. The molecule has 3 heteroatoms. The van der Waals surface area contributed by atoms with Crippen molar-refractivity contribution in [3.8, 4) is 0 Å². The van der Waals surface area contributed by atoms with E-state index in [4.69, 9.17) is 4.74 Å². The monoisotopic (exact) mass is 198 g/mol. The van der Waals surface area contributed by atoms with Gasteiger partial charge in [-0.25, -0.2) is 0 Å². The van der Waals surface area contributed by atoms with Crippen LogP contribution in [0.2, 0.25) is 0 Å². The fraction of sp³-hybridized carbons (Fsp3) is 1.00. The zero-order valence-corrected chi connectivity index (χ0v) is 9.62. The van der Waals surface area contributed by atoms with E-state index in [2.05, 4.69) is 30.7 Å². The molecular formula is C11H22N2O. The summed E-state index contributed by atoms with van der Waals surface area (Å²) in [6.07, 6.45) is 2.41. The number of nitrogens with zero attached hydrogens (tertiary/aromatic N) is 2. The number of hydrogen-bond acceptors (Lipinski definition) is 3. The lowest BCUT2D eigenvalue weighted by molar-refractivity contribution is -0.0436. The Morgan fingerprint density at radius 3 is 2.29 bits per heavy atom. The molecule has 0 atom stereocenters. The van der Waals surface area contributed by atoms with Crippen LogP contribution in [0.1, 0.15) is 26.7 Å². The average Bonchev–Trinajstić information content (AvgIpc) is 2.48. The van der Waals surface area contributed by atoms with Gasteiger partial charge in [-0.05, 0) is 33.7 Å². The third-order valence-corrected chi connectivity index (χ3v) is 3.59. The molecule has 2 saturated heterocycles. The molecule has 0 N–H and O–H groups in total. The fourth-order valence-corrected chi connectivity index (χ4v) is 2.58. The van der Waals surface area contributed by atoms with E-state index in [9.17, 15) is 0 Å². The maximum Gasteiger partial charge on any atom is 0.0997 e. The molecule has 2 aliphatic rings. The summed E-state index contributed by atoms with van der Waals surface area (Å²) in [7, 11) is 2.14. The molecule has 0 aromatic heterocycles. The van der Waals surface area contributed by atoms with Gasteiger partial charge in [-0.2, -0.15) is 0 Å². The van der Waals surface area contributed by atoms with Gasteiger partial charge >= 0.3 is 0 Å². The van der Waals surface area contributed by atoms with E-state index in [1.807, 2.05) is 0 Å². The molecule has 0 unspecified atom stereocenters. The first-order chi connectivity index (χ1) is 6.61. The SMILES string of the molecule is CC(C)N1CCC2(CC1)CN(C)CO2. The zero-order valence-electron chi connectivity index (χ0n) is 9.62. The smallest absolute Gasteiger partial charge is 0.0997 e. The van der Waals surface area contributed by atoms with Crippen molar-refractivity contribution in [1.82, 2.24) is 9.80 Å². The molecule has 0 aliphatic carbocycles. The van der Waals surface area contributed by atoms with Gasteiger partial charge in [-0.3, -0.25) is 4.90 Å². The molecule has 3 nitrogen and oxygen atoms in total. The second-order valence-corrected chi connectivity index (χ2v) is 5.10. The molecule has 0 amide bonds. The minimum atomic E-state index is 0.195. The standard InChI is InChI=1S/C11H22N2O/c1-10(2)13-6-4-11(5-7-13)8-12(3)9-14-11/h10H,4-9H2,1-3H3. The molecule has 14 heavy (non-hydrogen) atoms. The van der Waals surface area contributed by atoms with Crippen molar-refractivity contribution in [2.75, 3.05) is 33.4 Å². The van der Waals surface area contributed by atoms with E-state index >= 15 is 0 Å². The van der Waals surface area contributed by atoms with Gasteiger partial charge < -0.3 is 9.64 Å². The Hall–Kier alpha value is -0.120. The van der Waals surface area contributed by atoms with Gasteiger partial charge in [0.05, 0.1) is 12.3 Å². The zero-order chi connectivity index (χ0) is 10.2. The molecular weight excluding hydrogens is 176 g/mol. The number of ether oxygens (including phenoxy) is 1. The van der Waals surface area contributed by atoms with Gasteiger partial charge in [0, 0.05) is 25.7 Å². The molecule has 0 aromatic rings. The molecule has 0 saturated carbocycles. The van der Waals surface area contributed by atoms with Crippen molar-refractivity contribution >= 4 is 0 Å². The summed E-state index contributed by atoms with van der Waals surface area (Å²) in [5.41, 5.74) is 0.195. The number of likely N-dealkylation sites (tertiary alicyclic amines) is 1. The summed E-state index contributed by atoms with van der Waals surface area (Å²) >= 11 is 0. The molecule has 82 valence electrons. The molecule has 2 fully saturated rings. The Bertz CT molecular complexity index is 197. The lowest BCUT2D eigenvalue weighted by Gasteiger charge is -2.40. The van der Waals surface area contributed by atoms with Gasteiger partial charge in [0.1, 0.15) is 0 Å². The summed E-state index contributed by atoms with van der Waals surface area (Å²) in [5, 5.41) is 0. The summed E-state index contributed by atoms with van der Waals surface area (Å²) in [6.45, 7) is 8.90. The van der Waals surface area contributed by atoms with Crippen LogP contribution in [-0.2, 0) is 4.74 Å². The topological polar surface area (TPSA) is 15.7 Å². The van der Waals surface area contributed by atoms with Crippen LogP contribution in [-0.4, -0.2) is 54.9 Å². The van der Waals surface area contributed by atoms with Crippen molar-refractivity contribution in [3.63, 3.8) is 0 Å². The summed E-state index contributed by atoms with van der Waals surface area (Å²) in [5.74, 6) is 0. The van der Waals surface area contributed by atoms with Crippen LogP contribution >= 0.6 is 0 Å². The normalized spacial score (nSPS) is 29.1. The minimum absolute atomic E-state index is 0.195. The van der Waals surface area contributed by atoms with E-state index in [1.165, 1.54) is 25.9 Å². The first-order valence-corrected chi connectivity index (χ1v) is 5.68. The van der Waals surface area contributed by atoms with E-state index in [0.717, 1.165) is 13.3 Å². The van der Waals surface area contributed by atoms with Crippen molar-refractivity contribution in [1.29, 1.82) is 0 Å². The highest BCUT2D eigenvalue weighted by atomic mass is 16.5. The van der Waals surface area contributed by atoms with Crippen molar-refractivity contribution in [2.45, 2.75) is 38.3 Å². The fourth-order valence-electron chi connectivity index (χ4n) is 2.58. The highest BCUT2D eigenvalue weighted by Gasteiger charge is 2.40. The highest BCUT2D eigenvalue weighted by Crippen LogP contribution is 2.31. The summed E-state index contributed by atoms with van der Waals surface area (Å²) in [4.78, 5) is 4.83. The Kier molecular flexibility index (Phi) is 2.82. The van der Waals surface area contributed by atoms with E-state index in [0.29, 0.717) is 6.04 Å². The van der Waals surface area contributed by atoms with Crippen LogP contribution in [0.3, 0.4) is 0 Å². The summed E-state index contributed by atoms with van der Waals surface area (Å²) < 4.78 is 5.92. The maximum atomic E-state index is 5.92. The van der Waals surface area contributed by atoms with Gasteiger partial charge in [0.15, 0.2) is 0 Å². The quantitative estimate of drug-likeness (QED) is 0.628. The third kappa shape index (κ3) is 1.95. The average molecular weight is 198 g/mol. The van der Waals surface area contributed by atoms with Gasteiger partial charge in [0.2, 0.25) is 0 Å². The van der Waals surface area contributed by atoms with Crippen LogP contribution in [0.25, 0.3) is 0 Å². The predicted molar refractivity (Wildman–Crippen MR) is 57.3 cm³/mol. The van der Waals surface area contributed by atoms with Crippen molar-refractivity contribution in [2.24, 2.45) is 0 Å². The Labute approximate surface area is 87.0 Å². The van der Waals surface area contributed by atoms with Crippen LogP contribution in [0.4, 0.5) is 0 Å². The number of likely N-dealkylation sites (N-methyl/N-ethyl adjacent to an activating group) is 1. The van der Waals surface area contributed by atoms with Crippen LogP contribution < -0.4 is 0 Å². The van der Waals surface area contributed by atoms with Crippen molar-refractivity contribution < 1.29 is 4.74 Å². The number of hydrogen-bond donors (Lipinski definition) is 0. The lowest BCUT2D eigenvalue weighted by Crippen LogP contribution is -2.48. The van der Waals surface area contributed by atoms with Crippen LogP contribution in [0.15, 0.2) is 0 Å². The van der Waals surface area contributed by atoms with Gasteiger partial charge in [0.25, 0.3) is 0 Å². The second kappa shape index (κ2) is 3.80. The van der Waals surface area contributed by atoms with E-state index < -0.39 is 0 Å². The van der Waals surface area contributed by atoms with Crippen LogP contribution in [0, 0.1) is 0 Å². The number of rotatable bonds is 1. The molecule has 0 aromatic carbocycles. The van der Waals surface area contributed by atoms with E-state index in [1.54, 1.807) is 0 Å². The largest absolute Gasteiger partial charge is 0.358 e. The highest BCUT2D eigenvalue weighted by molar-refractivity contribution is 4.93. The van der Waals surface area contributed by atoms with E-state index in [-0.39, 0.29) is 5.60 Å². The predicted octanol–water partition coefficient (Wildman–Crippen LogP) is 1.15. The first-order valence-electron chi connectivity index (χ1n) is 5.68. The Morgan fingerprint density at radius 1 is 1.21 bits per heavy atom. The lowest BCUT2D eigenvalue weighted by atomic mass is 9.91. The molecule has 2 heterocycles. The molecule has 0 radical (unpaired) electrons. The van der Waals surface area contributed by atoms with Gasteiger partial charge in [-0.1, -0.05) is 0 Å². The third-order valence-electron chi connectivity index (χ3n) is 3.59. The summed E-state index contributed by atoms with van der Waals surface area (Å²) in [6, 6.07) is 0.687. The first kappa shape index (κ1) is 10.4. The molecule has 1 spiro atoms. The van der Waals surface area contributed by atoms with Crippen molar-refractivity contribution in [3.05, 3.63) is 0 Å². The molecule has 2 rings (SSSR count). The Morgan fingerprint density at radius 2 is 1.86 bits per heavy atom. The minimum Gasteiger partial charge on any atom is -0.358 e. The van der Waals surface area contributed by atoms with Crippen LogP contribution in [0.5, 0.6) is 0 Å². The molecule has 2 aliphatic heterocycles. The maximum absolute atomic E-state index is 5.92. The molecule has 0 bridgehead atoms. The Balaban J connectivity index is 1.89. The van der Waals surface area contributed by atoms with Gasteiger partial charge in [-0.15, -0.1) is 0 Å².